The Bertz CT molecular complexity index is 1160. The molecule has 1 aromatic heterocycles. The van der Waals surface area contributed by atoms with E-state index in [-0.39, 0.29) is 27.6 Å². The normalized spacial score (nSPS) is 14.9. The molecular formula is C22H17Cl2NO2. The molecular weight excluding hydrogens is 381 g/mol. The summed E-state index contributed by atoms with van der Waals surface area (Å²) >= 11 is 12.7. The molecule has 5 heteroatoms. The Hall–Kier alpha value is -2.36. The molecule has 0 radical (unpaired) electrons. The van der Waals surface area contributed by atoms with Crippen LogP contribution >= 0.6 is 23.2 Å². The lowest BCUT2D eigenvalue weighted by Gasteiger charge is -2.23. The van der Waals surface area contributed by atoms with Crippen LogP contribution in [0.4, 0.5) is 0 Å². The molecule has 0 saturated carbocycles. The number of hydrogen-bond acceptors (Lipinski definition) is 2. The number of Topliss-reactive ketones (excluding diaryl/α,β-unsaturated/α-hetero) is 2. The Balaban J connectivity index is 2.11. The highest BCUT2D eigenvalue weighted by atomic mass is 35.5. The van der Waals surface area contributed by atoms with Crippen LogP contribution in [-0.2, 0) is 5.41 Å². The molecule has 0 bridgehead atoms. The average molecular weight is 398 g/mol. The van der Waals surface area contributed by atoms with Crippen molar-refractivity contribution in [3.8, 4) is 0 Å². The van der Waals surface area contributed by atoms with Crippen LogP contribution in [-0.4, -0.2) is 16.6 Å². The van der Waals surface area contributed by atoms with Gasteiger partial charge in [0.25, 0.3) is 0 Å². The topological polar surface area (TPSA) is 49.9 Å². The predicted octanol–water partition coefficient (Wildman–Crippen LogP) is 6.15. The first-order chi connectivity index (χ1) is 12.7. The second kappa shape index (κ2) is 6.08. The van der Waals surface area contributed by atoms with Crippen LogP contribution in [0.15, 0.2) is 47.5 Å². The van der Waals surface area contributed by atoms with Crippen LogP contribution in [0.5, 0.6) is 0 Å². The van der Waals surface area contributed by atoms with Crippen molar-refractivity contribution in [1.82, 2.24) is 4.98 Å². The van der Waals surface area contributed by atoms with Gasteiger partial charge in [-0.1, -0.05) is 68.2 Å². The maximum absolute atomic E-state index is 13.3. The number of benzene rings is 2. The SMILES string of the molecule is CC(C)(C)c1[nH]c2ccc(Cl)cc2c1C1=C(Cl)C(=O)c2ccccc2C1=O. The van der Waals surface area contributed by atoms with Gasteiger partial charge in [-0.2, -0.15) is 0 Å². The van der Waals surface area contributed by atoms with Gasteiger partial charge in [0.1, 0.15) is 5.03 Å². The molecule has 0 saturated heterocycles. The van der Waals surface area contributed by atoms with Crippen molar-refractivity contribution in [3.63, 3.8) is 0 Å². The maximum Gasteiger partial charge on any atom is 0.205 e. The molecule has 0 unspecified atom stereocenters. The third-order valence-corrected chi connectivity index (χ3v) is 5.42. The lowest BCUT2D eigenvalue weighted by Crippen LogP contribution is -2.22. The summed E-state index contributed by atoms with van der Waals surface area (Å²) in [4.78, 5) is 29.6. The fourth-order valence-corrected chi connectivity index (χ4v) is 4.01. The largest absolute Gasteiger partial charge is 0.357 e. The third kappa shape index (κ3) is 2.73. The van der Waals surface area contributed by atoms with Gasteiger partial charge in [0, 0.05) is 43.7 Å². The number of fused-ring (bicyclic) bond motifs is 2. The summed E-state index contributed by atoms with van der Waals surface area (Å²) in [5, 5.41) is 1.28. The number of hydrogen-bond donors (Lipinski definition) is 1. The lowest BCUT2D eigenvalue weighted by atomic mass is 9.81. The van der Waals surface area contributed by atoms with Crippen molar-refractivity contribution in [2.24, 2.45) is 0 Å². The summed E-state index contributed by atoms with van der Waals surface area (Å²) in [5.41, 5.74) is 2.98. The standard InChI is InChI=1S/C22H17Cl2NO2/c1-22(2,3)21-16(14-10-11(23)8-9-15(14)25-21)17-18(24)20(27)13-7-5-4-6-12(13)19(17)26/h4-10,25H,1-3H3. The van der Waals surface area contributed by atoms with Crippen LogP contribution in [0.25, 0.3) is 16.5 Å². The number of rotatable bonds is 1. The van der Waals surface area contributed by atoms with E-state index in [0.29, 0.717) is 21.7 Å². The maximum atomic E-state index is 13.3. The number of allylic oxidation sites excluding steroid dienone is 2. The van der Waals surface area contributed by atoms with Gasteiger partial charge in [-0.05, 0) is 18.2 Å². The minimum Gasteiger partial charge on any atom is -0.357 e. The van der Waals surface area contributed by atoms with E-state index in [1.54, 1.807) is 36.4 Å². The molecule has 27 heavy (non-hydrogen) atoms. The van der Waals surface area contributed by atoms with Crippen molar-refractivity contribution in [2.45, 2.75) is 26.2 Å². The zero-order valence-corrected chi connectivity index (χ0v) is 16.6. The number of aromatic amines is 1. The van der Waals surface area contributed by atoms with Gasteiger partial charge in [0.2, 0.25) is 5.78 Å². The molecule has 1 heterocycles. The van der Waals surface area contributed by atoms with E-state index in [1.807, 2.05) is 26.8 Å². The van der Waals surface area contributed by atoms with Crippen molar-refractivity contribution >= 4 is 51.2 Å². The number of halogens is 2. The molecule has 3 aromatic rings. The Kier molecular flexibility index (Phi) is 4.06. The van der Waals surface area contributed by atoms with Crippen LogP contribution in [0.1, 0.15) is 52.7 Å². The van der Waals surface area contributed by atoms with Gasteiger partial charge in [0.05, 0.1) is 5.57 Å². The molecule has 1 aliphatic carbocycles. The number of ketones is 2. The molecule has 0 amide bonds. The molecule has 1 aliphatic rings. The first kappa shape index (κ1) is 18.0. The van der Waals surface area contributed by atoms with Crippen LogP contribution < -0.4 is 0 Å². The van der Waals surface area contributed by atoms with E-state index < -0.39 is 0 Å². The first-order valence-corrected chi connectivity index (χ1v) is 9.36. The minimum absolute atomic E-state index is 0.0509. The van der Waals surface area contributed by atoms with Crippen molar-refractivity contribution < 1.29 is 9.59 Å². The number of carbonyl (C=O) groups is 2. The summed E-state index contributed by atoms with van der Waals surface area (Å²) < 4.78 is 0. The lowest BCUT2D eigenvalue weighted by molar-refractivity contribution is 0.0998. The summed E-state index contributed by atoms with van der Waals surface area (Å²) in [6.07, 6.45) is 0. The van der Waals surface area contributed by atoms with Crippen LogP contribution in [0.3, 0.4) is 0 Å². The summed E-state index contributed by atoms with van der Waals surface area (Å²) in [7, 11) is 0. The molecule has 2 aromatic carbocycles. The molecule has 0 fully saturated rings. The van der Waals surface area contributed by atoms with Gasteiger partial charge in [-0.15, -0.1) is 0 Å². The van der Waals surface area contributed by atoms with Crippen LogP contribution in [0, 0.1) is 0 Å². The molecule has 1 N–H and O–H groups in total. The third-order valence-electron chi connectivity index (χ3n) is 4.82. The highest BCUT2D eigenvalue weighted by molar-refractivity contribution is 6.57. The van der Waals surface area contributed by atoms with E-state index >= 15 is 0 Å². The molecule has 3 nitrogen and oxygen atoms in total. The minimum atomic E-state index is -0.335. The van der Waals surface area contributed by atoms with Gasteiger partial charge in [-0.25, -0.2) is 0 Å². The first-order valence-electron chi connectivity index (χ1n) is 8.60. The Morgan fingerprint density at radius 1 is 0.889 bits per heavy atom. The molecule has 0 aliphatic heterocycles. The fourth-order valence-electron chi connectivity index (χ4n) is 3.55. The number of H-pyrrole nitrogens is 1. The second-order valence-corrected chi connectivity index (χ2v) is 8.52. The summed E-state index contributed by atoms with van der Waals surface area (Å²) in [6, 6.07) is 12.2. The number of nitrogens with one attached hydrogen (secondary N) is 1. The number of aromatic nitrogens is 1. The zero-order valence-electron chi connectivity index (χ0n) is 15.1. The van der Waals surface area contributed by atoms with Gasteiger partial charge in [0.15, 0.2) is 5.78 Å². The van der Waals surface area contributed by atoms with E-state index in [0.717, 1.165) is 16.6 Å². The Labute approximate surface area is 167 Å². The smallest absolute Gasteiger partial charge is 0.205 e. The number of carbonyl (C=O) groups excluding carboxylic acids is 2. The molecule has 4 rings (SSSR count). The molecule has 0 spiro atoms. The van der Waals surface area contributed by atoms with Crippen molar-refractivity contribution in [3.05, 3.63) is 74.9 Å². The predicted molar refractivity (Wildman–Crippen MR) is 110 cm³/mol. The van der Waals surface area contributed by atoms with Gasteiger partial charge in [-0.3, -0.25) is 9.59 Å². The Morgan fingerprint density at radius 2 is 1.52 bits per heavy atom. The zero-order chi connectivity index (χ0) is 19.5. The molecule has 136 valence electrons. The van der Waals surface area contributed by atoms with Gasteiger partial charge < -0.3 is 4.98 Å². The molecule has 0 atom stereocenters. The van der Waals surface area contributed by atoms with E-state index in [2.05, 4.69) is 4.98 Å². The summed E-state index contributed by atoms with van der Waals surface area (Å²) in [5.74, 6) is -0.584. The Morgan fingerprint density at radius 3 is 2.15 bits per heavy atom. The van der Waals surface area contributed by atoms with E-state index in [4.69, 9.17) is 23.2 Å². The van der Waals surface area contributed by atoms with Gasteiger partial charge >= 0.3 is 0 Å². The van der Waals surface area contributed by atoms with E-state index in [9.17, 15) is 9.59 Å². The summed E-state index contributed by atoms with van der Waals surface area (Å²) in [6.45, 7) is 6.13. The van der Waals surface area contributed by atoms with Crippen molar-refractivity contribution in [2.75, 3.05) is 0 Å². The second-order valence-electron chi connectivity index (χ2n) is 7.71. The van der Waals surface area contributed by atoms with Crippen LogP contribution in [0.2, 0.25) is 5.02 Å². The monoisotopic (exact) mass is 397 g/mol. The van der Waals surface area contributed by atoms with E-state index in [1.165, 1.54) is 0 Å². The fraction of sp³-hybridized carbons (Fsp3) is 0.182. The quantitative estimate of drug-likeness (QED) is 0.535. The van der Waals surface area contributed by atoms with Crippen molar-refractivity contribution in [1.29, 1.82) is 0 Å². The average Bonchev–Trinajstić information content (AvgIpc) is 2.99. The highest BCUT2D eigenvalue weighted by Gasteiger charge is 2.36. The highest BCUT2D eigenvalue weighted by Crippen LogP contribution is 2.42.